The predicted molar refractivity (Wildman–Crippen MR) is 102 cm³/mol. The smallest absolute Gasteiger partial charge is 0.302 e. The third-order valence-electron chi connectivity index (χ3n) is 9.78. The average Bonchev–Trinajstić information content (AvgIpc) is 3.02. The highest BCUT2D eigenvalue weighted by Gasteiger charge is 2.73. The number of esters is 1. The normalized spacial score (nSPS) is 55.3. The van der Waals surface area contributed by atoms with Gasteiger partial charge in [-0.1, -0.05) is 13.8 Å². The molecule has 0 radical (unpaired) electrons. The van der Waals surface area contributed by atoms with Crippen molar-refractivity contribution in [3.05, 3.63) is 0 Å². The first-order valence-corrected chi connectivity index (χ1v) is 10.9. The summed E-state index contributed by atoms with van der Waals surface area (Å²) in [5.41, 5.74) is -2.23. The van der Waals surface area contributed by atoms with Crippen molar-refractivity contribution in [3.63, 3.8) is 0 Å². The van der Waals surface area contributed by atoms with Crippen LogP contribution in [-0.4, -0.2) is 57.4 Å². The predicted octanol–water partition coefficient (Wildman–Crippen LogP) is 1.63. The number of aliphatic hydroxyl groups excluding tert-OH is 3. The quantitative estimate of drug-likeness (QED) is 0.540. The van der Waals surface area contributed by atoms with Crippen molar-refractivity contribution in [1.29, 1.82) is 0 Å². The van der Waals surface area contributed by atoms with Crippen LogP contribution in [0.2, 0.25) is 0 Å². The lowest BCUT2D eigenvalue weighted by molar-refractivity contribution is -0.250. The Morgan fingerprint density at radius 3 is 2.43 bits per heavy atom. The van der Waals surface area contributed by atoms with E-state index in [0.29, 0.717) is 12.3 Å². The lowest BCUT2D eigenvalue weighted by Crippen LogP contribution is -2.67. The van der Waals surface area contributed by atoms with Gasteiger partial charge in [-0.15, -0.1) is 0 Å². The summed E-state index contributed by atoms with van der Waals surface area (Å²) < 4.78 is 5.16. The van der Waals surface area contributed by atoms with Gasteiger partial charge in [-0.05, 0) is 61.7 Å². The molecule has 9 atom stereocenters. The molecule has 2 bridgehead atoms. The number of hydrogen-bond donors (Lipinski definition) is 4. The van der Waals surface area contributed by atoms with Gasteiger partial charge in [0.15, 0.2) is 0 Å². The van der Waals surface area contributed by atoms with Crippen LogP contribution in [0.15, 0.2) is 0 Å². The van der Waals surface area contributed by atoms with Gasteiger partial charge in [-0.3, -0.25) is 4.79 Å². The minimum absolute atomic E-state index is 0.00283. The molecule has 0 aromatic carbocycles. The van der Waals surface area contributed by atoms with Crippen LogP contribution in [0.3, 0.4) is 0 Å². The second-order valence-electron chi connectivity index (χ2n) is 10.7. The van der Waals surface area contributed by atoms with Gasteiger partial charge in [-0.25, -0.2) is 0 Å². The van der Waals surface area contributed by atoms with Crippen LogP contribution < -0.4 is 0 Å². The molecule has 28 heavy (non-hydrogen) atoms. The summed E-state index contributed by atoms with van der Waals surface area (Å²) in [6.07, 6.45) is 3.92. The van der Waals surface area contributed by atoms with Crippen molar-refractivity contribution in [3.8, 4) is 0 Å². The molecule has 4 aliphatic rings. The van der Waals surface area contributed by atoms with E-state index < -0.39 is 29.2 Å². The highest BCUT2D eigenvalue weighted by Crippen LogP contribution is 2.75. The Hall–Kier alpha value is -0.690. The molecule has 160 valence electrons. The Balaban J connectivity index is 1.71. The van der Waals surface area contributed by atoms with Gasteiger partial charge in [-0.2, -0.15) is 0 Å². The molecule has 0 heterocycles. The maximum absolute atomic E-state index is 11.5. The standard InChI is InChI=1S/C22H36O6/c1-13(24)28-12-21(27)10-18(26)22-9-15(21)8-14(22)4-5-16-19(2,11-23)17(25)6-7-20(16,22)3/h14-18,23,25-27H,4-12H2,1-3H3. The molecule has 4 saturated carbocycles. The molecule has 1 spiro atoms. The number of rotatable bonds is 3. The van der Waals surface area contributed by atoms with E-state index in [9.17, 15) is 25.2 Å². The van der Waals surface area contributed by atoms with Crippen LogP contribution in [0, 0.1) is 34.0 Å². The molecular formula is C22H36O6. The van der Waals surface area contributed by atoms with E-state index in [1.807, 2.05) is 6.92 Å². The zero-order valence-electron chi connectivity index (χ0n) is 17.4. The number of carbonyl (C=O) groups is 1. The summed E-state index contributed by atoms with van der Waals surface area (Å²) in [7, 11) is 0. The molecule has 4 rings (SSSR count). The Morgan fingerprint density at radius 2 is 1.79 bits per heavy atom. The fraction of sp³-hybridized carbons (Fsp3) is 0.955. The molecule has 9 unspecified atom stereocenters. The fourth-order valence-corrected chi connectivity index (χ4v) is 8.26. The van der Waals surface area contributed by atoms with Crippen LogP contribution >= 0.6 is 0 Å². The highest BCUT2D eigenvalue weighted by molar-refractivity contribution is 5.66. The lowest BCUT2D eigenvalue weighted by atomic mass is 9.38. The first-order chi connectivity index (χ1) is 13.0. The van der Waals surface area contributed by atoms with Gasteiger partial charge >= 0.3 is 5.97 Å². The maximum Gasteiger partial charge on any atom is 0.302 e. The molecule has 0 aromatic rings. The topological polar surface area (TPSA) is 107 Å². The molecule has 4 fully saturated rings. The highest BCUT2D eigenvalue weighted by atomic mass is 16.5. The molecule has 0 amide bonds. The van der Waals surface area contributed by atoms with Crippen molar-refractivity contribution < 1.29 is 30.0 Å². The van der Waals surface area contributed by atoms with Crippen LogP contribution in [0.5, 0.6) is 0 Å². The van der Waals surface area contributed by atoms with Gasteiger partial charge in [0.25, 0.3) is 0 Å². The van der Waals surface area contributed by atoms with E-state index in [0.717, 1.165) is 32.1 Å². The largest absolute Gasteiger partial charge is 0.463 e. The first kappa shape index (κ1) is 20.6. The fourth-order valence-electron chi connectivity index (χ4n) is 8.26. The van der Waals surface area contributed by atoms with Crippen LogP contribution in [0.4, 0.5) is 0 Å². The summed E-state index contributed by atoms with van der Waals surface area (Å²) >= 11 is 0. The van der Waals surface area contributed by atoms with Crippen LogP contribution in [0.25, 0.3) is 0 Å². The van der Waals surface area contributed by atoms with E-state index in [2.05, 4.69) is 6.92 Å². The van der Waals surface area contributed by atoms with E-state index in [4.69, 9.17) is 4.74 Å². The Morgan fingerprint density at radius 1 is 1.07 bits per heavy atom. The molecule has 6 nitrogen and oxygen atoms in total. The number of hydrogen-bond acceptors (Lipinski definition) is 6. The lowest BCUT2D eigenvalue weighted by Gasteiger charge is -2.67. The molecule has 0 aliphatic heterocycles. The second-order valence-corrected chi connectivity index (χ2v) is 10.7. The molecule has 4 N–H and O–H groups in total. The number of ether oxygens (including phenoxy) is 1. The third-order valence-corrected chi connectivity index (χ3v) is 9.78. The van der Waals surface area contributed by atoms with Gasteiger partial charge in [0.1, 0.15) is 12.2 Å². The number of fused-ring (bicyclic) bond motifs is 2. The van der Waals surface area contributed by atoms with Gasteiger partial charge < -0.3 is 25.2 Å². The van der Waals surface area contributed by atoms with E-state index in [1.165, 1.54) is 6.92 Å². The summed E-state index contributed by atoms with van der Waals surface area (Å²) in [5, 5.41) is 43.6. The first-order valence-electron chi connectivity index (χ1n) is 10.9. The third kappa shape index (κ3) is 2.44. The Labute approximate surface area is 167 Å². The summed E-state index contributed by atoms with van der Waals surface area (Å²) in [5.74, 6) is 0.0463. The van der Waals surface area contributed by atoms with Crippen LogP contribution in [0.1, 0.15) is 65.7 Å². The van der Waals surface area contributed by atoms with Crippen molar-refractivity contribution in [2.45, 2.75) is 83.5 Å². The van der Waals surface area contributed by atoms with Gasteiger partial charge in [0.2, 0.25) is 0 Å². The molecule has 0 saturated heterocycles. The van der Waals surface area contributed by atoms with Crippen molar-refractivity contribution in [2.75, 3.05) is 13.2 Å². The van der Waals surface area contributed by atoms with E-state index in [-0.39, 0.29) is 42.3 Å². The second kappa shape index (κ2) is 6.40. The molecule has 4 aliphatic carbocycles. The Bertz CT molecular complexity index is 653. The Kier molecular flexibility index (Phi) is 4.70. The van der Waals surface area contributed by atoms with Crippen LogP contribution in [-0.2, 0) is 9.53 Å². The minimum Gasteiger partial charge on any atom is -0.463 e. The minimum atomic E-state index is -1.17. The van der Waals surface area contributed by atoms with Crippen molar-refractivity contribution in [1.82, 2.24) is 0 Å². The van der Waals surface area contributed by atoms with Gasteiger partial charge in [0, 0.05) is 24.2 Å². The summed E-state index contributed by atoms with van der Waals surface area (Å²) in [6.45, 7) is 5.49. The SMILES string of the molecule is CC(=O)OCC1(O)CC(O)C23CC1CC2CCC1C(C)(CO)C(O)CCC13C. The molecule has 6 heteroatoms. The van der Waals surface area contributed by atoms with Crippen molar-refractivity contribution in [2.24, 2.45) is 34.0 Å². The molecular weight excluding hydrogens is 360 g/mol. The zero-order valence-corrected chi connectivity index (χ0v) is 17.4. The van der Waals surface area contributed by atoms with Gasteiger partial charge in [0.05, 0.1) is 18.8 Å². The average molecular weight is 397 g/mol. The number of aliphatic hydroxyl groups is 4. The summed E-state index contributed by atoms with van der Waals surface area (Å²) in [6, 6.07) is 0. The van der Waals surface area contributed by atoms with E-state index >= 15 is 0 Å². The van der Waals surface area contributed by atoms with Crippen molar-refractivity contribution >= 4 is 5.97 Å². The number of carbonyl (C=O) groups excluding carboxylic acids is 1. The monoisotopic (exact) mass is 396 g/mol. The van der Waals surface area contributed by atoms with E-state index in [1.54, 1.807) is 0 Å². The molecule has 0 aromatic heterocycles. The zero-order chi connectivity index (χ0) is 20.5. The summed E-state index contributed by atoms with van der Waals surface area (Å²) in [4.78, 5) is 11.3. The maximum atomic E-state index is 11.5.